The normalized spacial score (nSPS) is 58.1. The lowest BCUT2D eigenvalue weighted by molar-refractivity contribution is -0.410. The summed E-state index contributed by atoms with van der Waals surface area (Å²) < 4.78 is 72.8. The predicted molar refractivity (Wildman–Crippen MR) is 278 cm³/mol. The van der Waals surface area contributed by atoms with Crippen LogP contribution >= 0.6 is 0 Å². The molecule has 490 valence electrons. The minimum atomic E-state index is -2.22. The maximum atomic E-state index is 12.2. The highest BCUT2D eigenvalue weighted by molar-refractivity contribution is 5.17. The zero-order valence-corrected chi connectivity index (χ0v) is 48.1. The maximum absolute atomic E-state index is 12.2. The van der Waals surface area contributed by atoms with Gasteiger partial charge in [-0.05, 0) is 91.3 Å². The first-order chi connectivity index (χ1) is 40.3. The second-order valence-electron chi connectivity index (χ2n) is 27.0. The summed E-state index contributed by atoms with van der Waals surface area (Å²) >= 11 is 0. The van der Waals surface area contributed by atoms with Crippen LogP contribution in [0, 0.1) is 52.3 Å². The Morgan fingerprint density at radius 1 is 0.435 bits per heavy atom. The lowest BCUT2D eigenvalue weighted by atomic mass is 9.43. The molecule has 4 aliphatic carbocycles. The minimum absolute atomic E-state index is 0.0247. The van der Waals surface area contributed by atoms with E-state index in [4.69, 9.17) is 56.8 Å². The van der Waals surface area contributed by atoms with Crippen LogP contribution in [-0.4, -0.2) is 304 Å². The Morgan fingerprint density at radius 2 is 1.00 bits per heavy atom. The third kappa shape index (κ3) is 11.4. The lowest BCUT2D eigenvalue weighted by Crippen LogP contribution is -2.69. The highest BCUT2D eigenvalue weighted by Gasteiger charge is 2.71. The van der Waals surface area contributed by atoms with Crippen molar-refractivity contribution in [2.45, 2.75) is 257 Å². The molecule has 11 aliphatic rings. The molecule has 85 heavy (non-hydrogen) atoms. The van der Waals surface area contributed by atoms with E-state index in [0.29, 0.717) is 30.8 Å². The molecule has 0 radical (unpaired) electrons. The van der Waals surface area contributed by atoms with Crippen molar-refractivity contribution in [3.05, 3.63) is 0 Å². The number of hydrogen-bond acceptors (Lipinski definition) is 29. The van der Waals surface area contributed by atoms with Crippen LogP contribution in [0.5, 0.6) is 0 Å². The fraction of sp³-hybridized carbons (Fsp3) is 1.00. The number of hydrogen-bond donors (Lipinski definition) is 17. The molecule has 4 saturated carbocycles. The number of ether oxygens (including phenoxy) is 12. The first kappa shape index (κ1) is 65.3. The average Bonchev–Trinajstić information content (AvgIpc) is 1.69. The molecular weight excluding hydrogens is 1140 g/mol. The van der Waals surface area contributed by atoms with E-state index in [0.717, 1.165) is 32.1 Å². The molecule has 29 nitrogen and oxygen atoms in total. The summed E-state index contributed by atoms with van der Waals surface area (Å²) in [7, 11) is 0. The standard InChI is InChI=1S/C56H92O29/c1-19-5-8-56(75-17-19)20(2)34-29(85-56)10-23-21-9-25(61)24-11-28(26(62)12-55(24,4)22(21)6-7-54(23,34)3)76-50-43(72)40(69)45(33(16-60)80-50)81-53-48(47(38(67)32(15-59)79-53)83-49-41(70)35(64)27(63)18-74-49)84-52-44(73)46(37(66)31(14-58)78-52)82-51-42(71)39(68)36(65)30(13-57)77-51/h19-53,57-73H,5-18H2,1-4H3/t19?,20-,21+,22?,23?,24+,25?,26+,27?,28-,29-,30?,31?,32?,33?,34?,35?,36?,37?,38?,39?,40?,41?,42?,43?,44?,45?,46?,47?,48?,49?,50?,51?,52?,53?,54-,55+,56+/m0/s1. The summed E-state index contributed by atoms with van der Waals surface area (Å²) in [5, 5.41) is 188. The van der Waals surface area contributed by atoms with Crippen LogP contribution in [0.3, 0.4) is 0 Å². The largest absolute Gasteiger partial charge is 0.394 e. The van der Waals surface area contributed by atoms with Crippen LogP contribution in [0.25, 0.3) is 0 Å². The summed E-state index contributed by atoms with van der Waals surface area (Å²) in [5.74, 6) is 0.754. The molecule has 0 aromatic carbocycles. The third-order valence-corrected chi connectivity index (χ3v) is 22.2. The Bertz CT molecular complexity index is 2220. The van der Waals surface area contributed by atoms with Gasteiger partial charge in [0.2, 0.25) is 0 Å². The molecule has 7 aliphatic heterocycles. The van der Waals surface area contributed by atoms with Crippen molar-refractivity contribution in [2.24, 2.45) is 52.3 Å². The first-order valence-corrected chi connectivity index (χ1v) is 30.4. The molecule has 17 N–H and O–H groups in total. The summed E-state index contributed by atoms with van der Waals surface area (Å²) in [6.45, 7) is 5.31. The van der Waals surface area contributed by atoms with E-state index in [9.17, 15) is 86.8 Å². The van der Waals surface area contributed by atoms with Gasteiger partial charge in [-0.2, -0.15) is 0 Å². The molecule has 11 rings (SSSR count). The summed E-state index contributed by atoms with van der Waals surface area (Å²) in [6.07, 6.45) is -42.9. The van der Waals surface area contributed by atoms with Gasteiger partial charge in [-0.15, -0.1) is 0 Å². The molecule has 0 bridgehead atoms. The molecule has 7 saturated heterocycles. The van der Waals surface area contributed by atoms with Crippen molar-refractivity contribution in [2.75, 3.05) is 39.6 Å². The minimum Gasteiger partial charge on any atom is -0.394 e. The van der Waals surface area contributed by atoms with Gasteiger partial charge in [0.25, 0.3) is 0 Å². The second-order valence-corrected chi connectivity index (χ2v) is 27.0. The van der Waals surface area contributed by atoms with E-state index >= 15 is 0 Å². The molecule has 11 fully saturated rings. The third-order valence-electron chi connectivity index (χ3n) is 22.2. The monoisotopic (exact) mass is 1230 g/mol. The van der Waals surface area contributed by atoms with Crippen molar-refractivity contribution in [1.82, 2.24) is 0 Å². The number of aliphatic hydroxyl groups is 17. The molecule has 29 unspecified atom stereocenters. The van der Waals surface area contributed by atoms with Gasteiger partial charge in [0.15, 0.2) is 37.2 Å². The molecule has 1 spiro atoms. The van der Waals surface area contributed by atoms with Crippen molar-refractivity contribution in [1.29, 1.82) is 0 Å². The SMILES string of the molecule is CC1CC[C@@]2(OC1)O[C@H]1CC3[C@@H]4CC(O)[C@H]5C[C@H](OC6OC(CO)C(OC7OC(CO)C(O)C(OC8OCC(O)C(O)C8O)C7OC7OC(CO)C(O)C(OC8OC(CO)C(O)C(O)C8O)C7O)C(O)C6O)[C@H](O)C[C@]5(C)C4CC[C@]3(C)C1[C@@H]2C. The predicted octanol–water partition coefficient (Wildman–Crippen LogP) is -6.50. The van der Waals surface area contributed by atoms with Crippen LogP contribution in [0.1, 0.15) is 79.1 Å². The summed E-state index contributed by atoms with van der Waals surface area (Å²) in [4.78, 5) is 0. The zero-order valence-electron chi connectivity index (χ0n) is 48.1. The van der Waals surface area contributed by atoms with Crippen molar-refractivity contribution >= 4 is 0 Å². The van der Waals surface area contributed by atoms with Crippen LogP contribution < -0.4 is 0 Å². The van der Waals surface area contributed by atoms with Gasteiger partial charge in [-0.1, -0.05) is 27.7 Å². The van der Waals surface area contributed by atoms with Crippen LogP contribution in [0.15, 0.2) is 0 Å². The van der Waals surface area contributed by atoms with Gasteiger partial charge in [-0.3, -0.25) is 0 Å². The summed E-state index contributed by atoms with van der Waals surface area (Å²) in [6, 6.07) is 0. The van der Waals surface area contributed by atoms with Gasteiger partial charge >= 0.3 is 0 Å². The van der Waals surface area contributed by atoms with Crippen molar-refractivity contribution in [3.63, 3.8) is 0 Å². The van der Waals surface area contributed by atoms with E-state index in [-0.39, 0.29) is 48.0 Å². The number of aliphatic hydroxyl groups excluding tert-OH is 17. The Labute approximate surface area is 491 Å². The average molecular weight is 1230 g/mol. The molecule has 0 aromatic heterocycles. The van der Waals surface area contributed by atoms with E-state index in [1.54, 1.807) is 0 Å². The van der Waals surface area contributed by atoms with E-state index in [1.807, 2.05) is 0 Å². The van der Waals surface area contributed by atoms with Gasteiger partial charge < -0.3 is 144 Å². The topological polar surface area (TPSA) is 455 Å². The highest BCUT2D eigenvalue weighted by atomic mass is 16.8. The van der Waals surface area contributed by atoms with Gasteiger partial charge in [0.05, 0.1) is 64.1 Å². The van der Waals surface area contributed by atoms with Crippen LogP contribution in [0.2, 0.25) is 0 Å². The van der Waals surface area contributed by atoms with E-state index < -0.39 is 210 Å². The Kier molecular flexibility index (Phi) is 19.5. The maximum Gasteiger partial charge on any atom is 0.187 e. The molecule has 38 atom stereocenters. The number of fused-ring (bicyclic) bond motifs is 7. The van der Waals surface area contributed by atoms with Gasteiger partial charge in [0.1, 0.15) is 116 Å². The van der Waals surface area contributed by atoms with Crippen LogP contribution in [0.4, 0.5) is 0 Å². The molecular formula is C56H92O29. The van der Waals surface area contributed by atoms with Gasteiger partial charge in [0, 0.05) is 12.3 Å². The van der Waals surface area contributed by atoms with Gasteiger partial charge in [-0.25, -0.2) is 0 Å². The Balaban J connectivity index is 0.800. The highest BCUT2D eigenvalue weighted by Crippen LogP contribution is 2.71. The molecule has 0 aromatic rings. The quantitative estimate of drug-likeness (QED) is 0.0719. The van der Waals surface area contributed by atoms with Crippen LogP contribution in [-0.2, 0) is 56.8 Å². The lowest BCUT2D eigenvalue weighted by Gasteiger charge is -2.63. The van der Waals surface area contributed by atoms with Crippen molar-refractivity contribution < 1.29 is 144 Å². The second kappa shape index (κ2) is 25.4. The smallest absolute Gasteiger partial charge is 0.187 e. The molecule has 7 heterocycles. The number of rotatable bonds is 14. The molecule has 29 heteroatoms. The van der Waals surface area contributed by atoms with Crippen molar-refractivity contribution in [3.8, 4) is 0 Å². The van der Waals surface area contributed by atoms with E-state index in [1.165, 1.54) is 0 Å². The first-order valence-electron chi connectivity index (χ1n) is 30.4. The zero-order chi connectivity index (χ0) is 61.1. The molecule has 0 amide bonds. The van der Waals surface area contributed by atoms with E-state index in [2.05, 4.69) is 27.7 Å². The fourth-order valence-corrected chi connectivity index (χ4v) is 17.5. The Morgan fingerprint density at radius 3 is 1.66 bits per heavy atom. The Hall–Kier alpha value is -1.16. The summed E-state index contributed by atoms with van der Waals surface area (Å²) in [5.41, 5.74) is -0.531. The fourth-order valence-electron chi connectivity index (χ4n) is 17.5.